The van der Waals surface area contributed by atoms with Crippen LogP contribution in [0.5, 0.6) is 11.5 Å². The van der Waals surface area contributed by atoms with E-state index in [0.29, 0.717) is 21.0 Å². The molecule has 0 amide bonds. The van der Waals surface area contributed by atoms with Crippen molar-refractivity contribution < 1.29 is 14.3 Å². The molecular formula is C20H14BrClO3. The van der Waals surface area contributed by atoms with E-state index in [4.69, 9.17) is 21.1 Å². The molecule has 0 unspecified atom stereocenters. The quantitative estimate of drug-likeness (QED) is 0.391. The Bertz CT molecular complexity index is 881. The Hall–Kier alpha value is -2.30. The number of para-hydroxylation sites is 1. The van der Waals surface area contributed by atoms with Gasteiger partial charge >= 0.3 is 5.97 Å². The van der Waals surface area contributed by atoms with E-state index in [2.05, 4.69) is 15.9 Å². The van der Waals surface area contributed by atoms with Crippen LogP contribution < -0.4 is 9.47 Å². The zero-order chi connectivity index (χ0) is 17.6. The predicted molar refractivity (Wildman–Crippen MR) is 102 cm³/mol. The van der Waals surface area contributed by atoms with Crippen molar-refractivity contribution in [3.63, 3.8) is 0 Å². The number of ether oxygens (including phenoxy) is 2. The van der Waals surface area contributed by atoms with E-state index in [1.807, 2.05) is 42.5 Å². The lowest BCUT2D eigenvalue weighted by Gasteiger charge is -2.10. The maximum atomic E-state index is 12.0. The molecule has 0 aromatic heterocycles. The number of hydrogen-bond acceptors (Lipinski definition) is 3. The van der Waals surface area contributed by atoms with E-state index in [1.165, 1.54) is 0 Å². The third kappa shape index (κ3) is 4.62. The monoisotopic (exact) mass is 416 g/mol. The third-order valence-electron chi connectivity index (χ3n) is 3.44. The molecule has 3 aromatic carbocycles. The molecule has 5 heteroatoms. The lowest BCUT2D eigenvalue weighted by Crippen LogP contribution is -2.18. The minimum Gasteiger partial charge on any atom is -0.480 e. The number of benzene rings is 3. The Balaban J connectivity index is 1.64. The summed E-state index contributed by atoms with van der Waals surface area (Å²) in [7, 11) is 0. The Morgan fingerprint density at radius 1 is 0.880 bits per heavy atom. The largest absolute Gasteiger partial charge is 0.480 e. The number of carbonyl (C=O) groups is 1. The molecule has 3 aromatic rings. The van der Waals surface area contributed by atoms with Gasteiger partial charge in [-0.2, -0.15) is 0 Å². The molecule has 0 aliphatic carbocycles. The van der Waals surface area contributed by atoms with Gasteiger partial charge in [0, 0.05) is 0 Å². The molecule has 0 saturated heterocycles. The molecule has 3 rings (SSSR count). The second kappa shape index (κ2) is 8.19. The average Bonchev–Trinajstić information content (AvgIpc) is 2.63. The van der Waals surface area contributed by atoms with Gasteiger partial charge in [-0.3, -0.25) is 0 Å². The molecule has 0 radical (unpaired) electrons. The normalized spacial score (nSPS) is 10.3. The summed E-state index contributed by atoms with van der Waals surface area (Å²) < 4.78 is 11.4. The fraction of sp³-hybridized carbons (Fsp3) is 0.0500. The molecule has 0 fully saturated rings. The van der Waals surface area contributed by atoms with E-state index in [9.17, 15) is 4.79 Å². The van der Waals surface area contributed by atoms with Gasteiger partial charge in [-0.1, -0.05) is 60.1 Å². The van der Waals surface area contributed by atoms with Gasteiger partial charge in [-0.15, -0.1) is 0 Å². The van der Waals surface area contributed by atoms with E-state index in [0.717, 1.165) is 11.1 Å². The average molecular weight is 418 g/mol. The van der Waals surface area contributed by atoms with Crippen molar-refractivity contribution in [3.8, 4) is 22.6 Å². The van der Waals surface area contributed by atoms with Crippen LogP contribution >= 0.6 is 27.5 Å². The molecule has 0 heterocycles. The SMILES string of the molecule is O=C(COc1ccccc1Cl)Oc1ccc(-c2ccccc2)cc1Br. The summed E-state index contributed by atoms with van der Waals surface area (Å²) in [6.07, 6.45) is 0. The summed E-state index contributed by atoms with van der Waals surface area (Å²) >= 11 is 9.43. The van der Waals surface area contributed by atoms with Crippen LogP contribution in [0.15, 0.2) is 77.3 Å². The fourth-order valence-electron chi connectivity index (χ4n) is 2.24. The molecule has 0 atom stereocenters. The van der Waals surface area contributed by atoms with Gasteiger partial charge in [0.25, 0.3) is 0 Å². The van der Waals surface area contributed by atoms with Crippen LogP contribution in [0.2, 0.25) is 5.02 Å². The van der Waals surface area contributed by atoms with Crippen LogP contribution in [0.3, 0.4) is 0 Å². The minimum atomic E-state index is -0.506. The molecule has 126 valence electrons. The second-order valence-corrected chi connectivity index (χ2v) is 6.47. The molecule has 0 bridgehead atoms. The topological polar surface area (TPSA) is 35.5 Å². The Morgan fingerprint density at radius 2 is 1.60 bits per heavy atom. The first-order valence-electron chi connectivity index (χ1n) is 7.56. The first-order valence-corrected chi connectivity index (χ1v) is 8.73. The summed E-state index contributed by atoms with van der Waals surface area (Å²) in [6.45, 7) is -0.226. The highest BCUT2D eigenvalue weighted by Crippen LogP contribution is 2.31. The van der Waals surface area contributed by atoms with E-state index in [-0.39, 0.29) is 6.61 Å². The lowest BCUT2D eigenvalue weighted by molar-refractivity contribution is -0.136. The van der Waals surface area contributed by atoms with Crippen molar-refractivity contribution in [2.45, 2.75) is 0 Å². The van der Waals surface area contributed by atoms with Gasteiger partial charge in [0.2, 0.25) is 0 Å². The standard InChI is InChI=1S/C20H14BrClO3/c21-16-12-15(14-6-2-1-3-7-14)10-11-18(16)25-20(23)13-24-19-9-5-4-8-17(19)22/h1-12H,13H2. The minimum absolute atomic E-state index is 0.226. The summed E-state index contributed by atoms with van der Waals surface area (Å²) in [4.78, 5) is 12.0. The van der Waals surface area contributed by atoms with Crippen LogP contribution in [-0.2, 0) is 4.79 Å². The van der Waals surface area contributed by atoms with Crippen molar-refractivity contribution in [1.29, 1.82) is 0 Å². The summed E-state index contributed by atoms with van der Waals surface area (Å²) in [5.74, 6) is 0.375. The summed E-state index contributed by atoms with van der Waals surface area (Å²) in [5, 5.41) is 0.448. The van der Waals surface area contributed by atoms with Gasteiger partial charge in [-0.05, 0) is 51.3 Å². The lowest BCUT2D eigenvalue weighted by atomic mass is 10.1. The van der Waals surface area contributed by atoms with Gasteiger partial charge in [0.05, 0.1) is 9.50 Å². The summed E-state index contributed by atoms with van der Waals surface area (Å²) in [5.41, 5.74) is 2.11. The molecule has 0 N–H and O–H groups in total. The van der Waals surface area contributed by atoms with Crippen molar-refractivity contribution >= 4 is 33.5 Å². The van der Waals surface area contributed by atoms with Crippen LogP contribution in [-0.4, -0.2) is 12.6 Å². The van der Waals surface area contributed by atoms with Crippen LogP contribution in [0, 0.1) is 0 Å². The number of esters is 1. The first kappa shape index (κ1) is 17.5. The molecule has 3 nitrogen and oxygen atoms in total. The molecule has 25 heavy (non-hydrogen) atoms. The van der Waals surface area contributed by atoms with Gasteiger partial charge in [-0.25, -0.2) is 4.79 Å². The van der Waals surface area contributed by atoms with Crippen molar-refractivity contribution in [1.82, 2.24) is 0 Å². The highest BCUT2D eigenvalue weighted by Gasteiger charge is 2.11. The number of rotatable bonds is 5. The smallest absolute Gasteiger partial charge is 0.349 e. The van der Waals surface area contributed by atoms with Crippen molar-refractivity contribution in [2.75, 3.05) is 6.61 Å². The number of hydrogen-bond donors (Lipinski definition) is 0. The molecule has 0 aliphatic heterocycles. The first-order chi connectivity index (χ1) is 12.1. The molecule has 0 saturated carbocycles. The van der Waals surface area contributed by atoms with Crippen LogP contribution in [0.1, 0.15) is 0 Å². The van der Waals surface area contributed by atoms with E-state index in [1.54, 1.807) is 30.3 Å². The maximum absolute atomic E-state index is 12.0. The Kier molecular flexibility index (Phi) is 5.74. The number of carbonyl (C=O) groups excluding carboxylic acids is 1. The molecule has 0 spiro atoms. The zero-order valence-corrected chi connectivity index (χ0v) is 15.5. The van der Waals surface area contributed by atoms with E-state index >= 15 is 0 Å². The van der Waals surface area contributed by atoms with Gasteiger partial charge < -0.3 is 9.47 Å². The number of halogens is 2. The van der Waals surface area contributed by atoms with Gasteiger partial charge in [0.15, 0.2) is 6.61 Å². The van der Waals surface area contributed by atoms with E-state index < -0.39 is 5.97 Å². The maximum Gasteiger partial charge on any atom is 0.349 e. The van der Waals surface area contributed by atoms with Crippen molar-refractivity contribution in [2.24, 2.45) is 0 Å². The Morgan fingerprint density at radius 3 is 2.32 bits per heavy atom. The van der Waals surface area contributed by atoms with Crippen LogP contribution in [0.25, 0.3) is 11.1 Å². The zero-order valence-electron chi connectivity index (χ0n) is 13.1. The molecule has 0 aliphatic rings. The predicted octanol–water partition coefficient (Wildman–Crippen LogP) is 5.75. The van der Waals surface area contributed by atoms with Crippen LogP contribution in [0.4, 0.5) is 0 Å². The second-order valence-electron chi connectivity index (χ2n) is 5.20. The summed E-state index contributed by atoms with van der Waals surface area (Å²) in [6, 6.07) is 22.5. The van der Waals surface area contributed by atoms with Crippen molar-refractivity contribution in [3.05, 3.63) is 82.3 Å². The molecular weight excluding hydrogens is 404 g/mol. The fourth-order valence-corrected chi connectivity index (χ4v) is 2.89. The Labute approximate surface area is 159 Å². The highest BCUT2D eigenvalue weighted by molar-refractivity contribution is 9.10. The highest BCUT2D eigenvalue weighted by atomic mass is 79.9. The third-order valence-corrected chi connectivity index (χ3v) is 4.38. The van der Waals surface area contributed by atoms with Gasteiger partial charge in [0.1, 0.15) is 11.5 Å².